The van der Waals surface area contributed by atoms with Crippen molar-refractivity contribution in [3.05, 3.63) is 117 Å². The quantitative estimate of drug-likeness (QED) is 0.210. The van der Waals surface area contributed by atoms with Crippen molar-refractivity contribution in [3.8, 4) is 0 Å². The second-order valence-corrected chi connectivity index (χ2v) is 16.8. The molecule has 1 aliphatic rings. The molecule has 0 spiro atoms. The molecule has 1 amide bonds. The molecule has 218 valence electrons. The number of hydrogen-bond donors (Lipinski definition) is 2. The maximum Gasteiger partial charge on any atom is 0.351 e. The van der Waals surface area contributed by atoms with Gasteiger partial charge >= 0.3 is 5.69 Å². The summed E-state index contributed by atoms with van der Waals surface area (Å²) in [5, 5.41) is 15.8. The molecule has 8 nitrogen and oxygen atoms in total. The third-order valence-electron chi connectivity index (χ3n) is 7.57. The van der Waals surface area contributed by atoms with E-state index < -0.39 is 32.4 Å². The van der Waals surface area contributed by atoms with Crippen LogP contribution in [0.25, 0.3) is 0 Å². The molecule has 10 heteroatoms. The molecule has 1 aromatic heterocycles. The Kier molecular flexibility index (Phi) is 9.09. The van der Waals surface area contributed by atoms with E-state index in [1.165, 1.54) is 4.57 Å². The van der Waals surface area contributed by atoms with Gasteiger partial charge in [0, 0.05) is 18.2 Å². The van der Waals surface area contributed by atoms with Crippen molar-refractivity contribution < 1.29 is 19.1 Å². The van der Waals surface area contributed by atoms with Gasteiger partial charge in [0.25, 0.3) is 14.2 Å². The number of carbonyl (C=O) groups is 1. The first-order valence-electron chi connectivity index (χ1n) is 13.8. The number of ether oxygens (including phenoxy) is 1. The number of amides is 1. The summed E-state index contributed by atoms with van der Waals surface area (Å²) in [5.74, 6) is -0.179. The highest BCUT2D eigenvalue weighted by molar-refractivity contribution is 14.1. The van der Waals surface area contributed by atoms with Crippen molar-refractivity contribution in [2.45, 2.75) is 50.7 Å². The lowest BCUT2D eigenvalue weighted by Gasteiger charge is -2.43. The second-order valence-electron chi connectivity index (χ2n) is 11.4. The van der Waals surface area contributed by atoms with E-state index >= 15 is 0 Å². The Balaban J connectivity index is 1.37. The first-order chi connectivity index (χ1) is 20.1. The lowest BCUT2D eigenvalue weighted by atomic mass is 10.2. The van der Waals surface area contributed by atoms with E-state index in [9.17, 15) is 14.7 Å². The number of benzene rings is 3. The molecule has 2 N–H and O–H groups in total. The van der Waals surface area contributed by atoms with Crippen LogP contribution in [-0.4, -0.2) is 47.7 Å². The molecule has 0 saturated carbocycles. The first-order valence-corrected chi connectivity index (χ1v) is 16.8. The molecular formula is C32H34IN3O5Si. The van der Waals surface area contributed by atoms with Crippen molar-refractivity contribution in [1.82, 2.24) is 9.55 Å². The third-order valence-corrected chi connectivity index (χ3v) is 13.4. The fraction of sp³-hybridized carbons (Fsp3) is 0.281. The molecule has 42 heavy (non-hydrogen) atoms. The predicted molar refractivity (Wildman–Crippen MR) is 174 cm³/mol. The van der Waals surface area contributed by atoms with Crippen LogP contribution in [0.5, 0.6) is 0 Å². The summed E-state index contributed by atoms with van der Waals surface area (Å²) in [6, 6.07) is 29.3. The van der Waals surface area contributed by atoms with E-state index in [0.29, 0.717) is 9.13 Å². The Morgan fingerprint density at radius 2 is 1.57 bits per heavy atom. The van der Waals surface area contributed by atoms with Crippen LogP contribution in [0.15, 0.2) is 102 Å². The number of anilines is 1. The zero-order valence-electron chi connectivity index (χ0n) is 23.7. The average molecular weight is 696 g/mol. The Morgan fingerprint density at radius 3 is 2.12 bits per heavy atom. The van der Waals surface area contributed by atoms with E-state index in [4.69, 9.17) is 9.16 Å². The summed E-state index contributed by atoms with van der Waals surface area (Å²) < 4.78 is 15.1. The highest BCUT2D eigenvalue weighted by Crippen LogP contribution is 2.38. The zero-order valence-corrected chi connectivity index (χ0v) is 26.9. The van der Waals surface area contributed by atoms with Crippen LogP contribution in [0.2, 0.25) is 5.04 Å². The molecule has 1 saturated heterocycles. The van der Waals surface area contributed by atoms with Crippen LogP contribution in [0.3, 0.4) is 0 Å². The first kappa shape index (κ1) is 30.3. The van der Waals surface area contributed by atoms with Gasteiger partial charge in [-0.25, -0.2) is 4.79 Å². The topological polar surface area (TPSA) is 103 Å². The van der Waals surface area contributed by atoms with E-state index in [2.05, 4.69) is 55.3 Å². The molecule has 3 atom stereocenters. The number of nitrogens with one attached hydrogen (secondary N) is 1. The molecule has 1 fully saturated rings. The highest BCUT2D eigenvalue weighted by atomic mass is 127. The Hall–Kier alpha value is -3.16. The molecular weight excluding hydrogens is 661 g/mol. The minimum Gasteiger partial charge on any atom is -0.405 e. The van der Waals surface area contributed by atoms with Gasteiger partial charge in [-0.15, -0.1) is 0 Å². The molecule has 0 radical (unpaired) electrons. The van der Waals surface area contributed by atoms with Crippen LogP contribution < -0.4 is 21.4 Å². The average Bonchev–Trinajstić information content (AvgIpc) is 3.35. The van der Waals surface area contributed by atoms with Gasteiger partial charge in [0.05, 0.1) is 16.3 Å². The summed E-state index contributed by atoms with van der Waals surface area (Å²) in [4.78, 5) is 29.8. The van der Waals surface area contributed by atoms with Crippen molar-refractivity contribution >= 4 is 53.0 Å². The minimum absolute atomic E-state index is 0.162. The van der Waals surface area contributed by atoms with Crippen molar-refractivity contribution in [2.24, 2.45) is 0 Å². The number of carbonyl (C=O) groups excluding carboxylic acids is 1. The van der Waals surface area contributed by atoms with Gasteiger partial charge in [-0.2, -0.15) is 4.98 Å². The van der Waals surface area contributed by atoms with E-state index in [1.807, 2.05) is 65.1 Å². The van der Waals surface area contributed by atoms with Crippen molar-refractivity contribution in [2.75, 3.05) is 11.9 Å². The summed E-state index contributed by atoms with van der Waals surface area (Å²) in [6.45, 7) is 6.74. The molecule has 5 rings (SSSR count). The number of hydrogen-bond acceptors (Lipinski definition) is 6. The number of nitrogens with zero attached hydrogens (tertiary/aromatic N) is 2. The molecule has 1 aliphatic heterocycles. The minimum atomic E-state index is -2.83. The number of aliphatic hydroxyl groups is 1. The third kappa shape index (κ3) is 6.13. The molecule has 3 aromatic carbocycles. The lowest BCUT2D eigenvalue weighted by Crippen LogP contribution is -2.67. The number of aromatic nitrogens is 2. The van der Waals surface area contributed by atoms with Crippen molar-refractivity contribution in [3.63, 3.8) is 0 Å². The lowest BCUT2D eigenvalue weighted by molar-refractivity contribution is -0.0426. The smallest absolute Gasteiger partial charge is 0.351 e. The van der Waals surface area contributed by atoms with Crippen LogP contribution in [0.1, 0.15) is 43.8 Å². The Morgan fingerprint density at radius 1 is 1.02 bits per heavy atom. The number of rotatable bonds is 8. The second kappa shape index (κ2) is 12.6. The zero-order chi connectivity index (χ0) is 29.9. The van der Waals surface area contributed by atoms with Gasteiger partial charge < -0.3 is 19.6 Å². The largest absolute Gasteiger partial charge is 0.405 e. The van der Waals surface area contributed by atoms with Gasteiger partial charge in [-0.3, -0.25) is 9.36 Å². The van der Waals surface area contributed by atoms with E-state index in [-0.39, 0.29) is 29.8 Å². The fourth-order valence-corrected chi connectivity index (χ4v) is 10.6. The monoisotopic (exact) mass is 695 g/mol. The molecule has 0 aliphatic carbocycles. The summed E-state index contributed by atoms with van der Waals surface area (Å²) in [5.41, 5.74) is -0.116. The SMILES string of the molecule is CC(C)(C)[Si](OC[C@H]1O[C@@H](n2cc(I)c(NC(=O)c3ccccc3)nc2=O)C[C@@H]1O)(c1ccccc1)c1ccccc1. The summed E-state index contributed by atoms with van der Waals surface area (Å²) in [7, 11) is -2.83. The highest BCUT2D eigenvalue weighted by Gasteiger charge is 2.51. The van der Waals surface area contributed by atoms with Gasteiger partial charge in [0.1, 0.15) is 12.3 Å². The van der Waals surface area contributed by atoms with Crippen LogP contribution in [-0.2, 0) is 9.16 Å². The summed E-state index contributed by atoms with van der Waals surface area (Å²) >= 11 is 2.03. The summed E-state index contributed by atoms with van der Waals surface area (Å²) in [6.07, 6.45) is -0.393. The van der Waals surface area contributed by atoms with Crippen LogP contribution in [0, 0.1) is 3.57 Å². The van der Waals surface area contributed by atoms with Gasteiger partial charge in [0.15, 0.2) is 5.82 Å². The normalized spacial score (nSPS) is 19.0. The van der Waals surface area contributed by atoms with Gasteiger partial charge in [-0.05, 0) is 50.1 Å². The number of halogens is 1. The van der Waals surface area contributed by atoms with E-state index in [0.717, 1.165) is 10.4 Å². The van der Waals surface area contributed by atoms with Crippen LogP contribution >= 0.6 is 22.6 Å². The Labute approximate surface area is 260 Å². The molecule has 4 aromatic rings. The molecule has 2 heterocycles. The fourth-order valence-electron chi connectivity index (χ4n) is 5.51. The molecule has 0 bridgehead atoms. The maximum atomic E-state index is 13.0. The molecule has 0 unspecified atom stereocenters. The Bertz CT molecular complexity index is 1540. The van der Waals surface area contributed by atoms with Gasteiger partial charge in [0.2, 0.25) is 0 Å². The van der Waals surface area contributed by atoms with E-state index in [1.54, 1.807) is 30.5 Å². The van der Waals surface area contributed by atoms with Gasteiger partial charge in [-0.1, -0.05) is 99.6 Å². The maximum absolute atomic E-state index is 13.0. The predicted octanol–water partition coefficient (Wildman–Crippen LogP) is 4.33. The van der Waals surface area contributed by atoms with Crippen LogP contribution in [0.4, 0.5) is 5.82 Å². The standard InChI is InChI=1S/C32H34IN3O5Si/c1-32(2,3)42(23-15-9-5-10-16-23,24-17-11-6-12-18-24)40-21-27-26(37)19-28(41-27)36-20-25(33)29(35-31(36)39)34-30(38)22-13-7-4-8-14-22/h4-18,20,26-28,37H,19,21H2,1-3H3,(H,34,35,38,39)/t26-,27+,28+/m0/s1. The number of aliphatic hydroxyl groups excluding tert-OH is 1. The van der Waals surface area contributed by atoms with Crippen molar-refractivity contribution in [1.29, 1.82) is 0 Å².